The summed E-state index contributed by atoms with van der Waals surface area (Å²) >= 11 is 0. The summed E-state index contributed by atoms with van der Waals surface area (Å²) in [5.41, 5.74) is 0. The molecule has 8 heteroatoms. The topological polar surface area (TPSA) is 84.9 Å². The van der Waals surface area contributed by atoms with E-state index < -0.39 is 16.1 Å². The van der Waals surface area contributed by atoms with Crippen molar-refractivity contribution in [3.8, 4) is 0 Å². The molecule has 7 nitrogen and oxygen atoms in total. The molecule has 1 aliphatic heterocycles. The van der Waals surface area contributed by atoms with Gasteiger partial charge >= 0.3 is 6.09 Å². The first-order valence-corrected chi connectivity index (χ1v) is 6.98. The van der Waals surface area contributed by atoms with E-state index in [0.29, 0.717) is 19.7 Å². The SMILES string of the molecule is COC(=O)NCCS(=O)(=O)N1CCOC(C)C1. The molecular weight excluding hydrogens is 248 g/mol. The van der Waals surface area contributed by atoms with E-state index in [9.17, 15) is 13.2 Å². The van der Waals surface area contributed by atoms with Gasteiger partial charge in [0.2, 0.25) is 10.0 Å². The lowest BCUT2D eigenvalue weighted by Crippen LogP contribution is -2.46. The van der Waals surface area contributed by atoms with Crippen molar-refractivity contribution in [2.75, 3.05) is 39.1 Å². The van der Waals surface area contributed by atoms with Crippen LogP contribution in [0.1, 0.15) is 6.92 Å². The summed E-state index contributed by atoms with van der Waals surface area (Å²) in [4.78, 5) is 10.8. The first kappa shape index (κ1) is 14.2. The van der Waals surface area contributed by atoms with Gasteiger partial charge in [-0.3, -0.25) is 0 Å². The number of nitrogens with one attached hydrogen (secondary N) is 1. The lowest BCUT2D eigenvalue weighted by Gasteiger charge is -2.30. The third kappa shape index (κ3) is 4.49. The number of hydrogen-bond donors (Lipinski definition) is 1. The van der Waals surface area contributed by atoms with Crippen molar-refractivity contribution in [2.24, 2.45) is 0 Å². The molecule has 100 valence electrons. The quantitative estimate of drug-likeness (QED) is 0.734. The third-order valence-electron chi connectivity index (χ3n) is 2.41. The molecule has 0 aromatic carbocycles. The van der Waals surface area contributed by atoms with Crippen molar-refractivity contribution < 1.29 is 22.7 Å². The van der Waals surface area contributed by atoms with Crippen LogP contribution in [0.2, 0.25) is 0 Å². The molecule has 0 aromatic rings. The number of ether oxygens (including phenoxy) is 2. The molecule has 1 N–H and O–H groups in total. The summed E-state index contributed by atoms with van der Waals surface area (Å²) in [7, 11) is -2.11. The smallest absolute Gasteiger partial charge is 0.406 e. The molecule has 1 amide bonds. The summed E-state index contributed by atoms with van der Waals surface area (Å²) in [6.45, 7) is 3.01. The van der Waals surface area contributed by atoms with Crippen LogP contribution in [0.3, 0.4) is 0 Å². The van der Waals surface area contributed by atoms with Gasteiger partial charge in [0, 0.05) is 19.6 Å². The van der Waals surface area contributed by atoms with Gasteiger partial charge in [0.05, 0.1) is 25.6 Å². The number of nitrogens with zero attached hydrogens (tertiary/aromatic N) is 1. The molecule has 1 unspecified atom stereocenters. The van der Waals surface area contributed by atoms with Crippen molar-refractivity contribution in [3.63, 3.8) is 0 Å². The highest BCUT2D eigenvalue weighted by atomic mass is 32.2. The van der Waals surface area contributed by atoms with Gasteiger partial charge in [0.15, 0.2) is 0 Å². The molecule has 0 bridgehead atoms. The molecule has 1 saturated heterocycles. The van der Waals surface area contributed by atoms with Crippen LogP contribution >= 0.6 is 0 Å². The van der Waals surface area contributed by atoms with Crippen LogP contribution in [0, 0.1) is 0 Å². The van der Waals surface area contributed by atoms with Crippen molar-refractivity contribution in [1.29, 1.82) is 0 Å². The van der Waals surface area contributed by atoms with E-state index in [1.54, 1.807) is 0 Å². The summed E-state index contributed by atoms with van der Waals surface area (Å²) in [5, 5.41) is 2.34. The van der Waals surface area contributed by atoms with Crippen LogP contribution in [0.5, 0.6) is 0 Å². The van der Waals surface area contributed by atoms with E-state index in [-0.39, 0.29) is 18.4 Å². The summed E-state index contributed by atoms with van der Waals surface area (Å²) in [6.07, 6.45) is -0.720. The Bertz CT molecular complexity index is 356. The maximum Gasteiger partial charge on any atom is 0.406 e. The zero-order chi connectivity index (χ0) is 12.9. The lowest BCUT2D eigenvalue weighted by atomic mass is 10.3. The van der Waals surface area contributed by atoms with Crippen molar-refractivity contribution in [1.82, 2.24) is 9.62 Å². The van der Waals surface area contributed by atoms with Crippen LogP contribution in [0.25, 0.3) is 0 Å². The van der Waals surface area contributed by atoms with Crippen LogP contribution in [-0.4, -0.2) is 64.0 Å². The number of carbonyl (C=O) groups excluding carboxylic acids is 1. The summed E-state index contributed by atoms with van der Waals surface area (Å²) < 4.78 is 34.8. The Kier molecular flexibility index (Phi) is 5.16. The number of amides is 1. The fourth-order valence-corrected chi connectivity index (χ4v) is 2.93. The summed E-state index contributed by atoms with van der Waals surface area (Å²) in [6, 6.07) is 0. The second-order valence-electron chi connectivity index (χ2n) is 3.77. The summed E-state index contributed by atoms with van der Waals surface area (Å²) in [5.74, 6) is -0.130. The predicted molar refractivity (Wildman–Crippen MR) is 61.2 cm³/mol. The predicted octanol–water partition coefficient (Wildman–Crippen LogP) is -0.607. The maximum atomic E-state index is 11.9. The highest BCUT2D eigenvalue weighted by molar-refractivity contribution is 7.89. The van der Waals surface area contributed by atoms with Gasteiger partial charge in [-0.1, -0.05) is 0 Å². The molecule has 1 heterocycles. The minimum absolute atomic E-state index is 0.0424. The van der Waals surface area contributed by atoms with Gasteiger partial charge < -0.3 is 14.8 Å². The molecule has 1 fully saturated rings. The van der Waals surface area contributed by atoms with Crippen molar-refractivity contribution in [3.05, 3.63) is 0 Å². The average Bonchev–Trinajstić information content (AvgIpc) is 2.28. The number of alkyl carbamates (subject to hydrolysis) is 1. The standard InChI is InChI=1S/C9H18N2O5S/c1-8-7-11(4-5-16-8)17(13,14)6-3-10-9(12)15-2/h8H,3-7H2,1-2H3,(H,10,12). The number of carbonyl (C=O) groups is 1. The number of hydrogen-bond acceptors (Lipinski definition) is 5. The Balaban J connectivity index is 2.42. The first-order chi connectivity index (χ1) is 7.95. The fraction of sp³-hybridized carbons (Fsp3) is 0.889. The Morgan fingerprint density at radius 2 is 2.29 bits per heavy atom. The van der Waals surface area contributed by atoms with Gasteiger partial charge in [0.1, 0.15) is 0 Å². The molecule has 1 aliphatic rings. The number of rotatable bonds is 4. The van der Waals surface area contributed by atoms with E-state index in [1.165, 1.54) is 11.4 Å². The lowest BCUT2D eigenvalue weighted by molar-refractivity contribution is 0.0102. The highest BCUT2D eigenvalue weighted by Crippen LogP contribution is 2.09. The van der Waals surface area contributed by atoms with Crippen molar-refractivity contribution in [2.45, 2.75) is 13.0 Å². The van der Waals surface area contributed by atoms with Crippen LogP contribution in [-0.2, 0) is 19.5 Å². The van der Waals surface area contributed by atoms with Gasteiger partial charge in [-0.05, 0) is 6.92 Å². The first-order valence-electron chi connectivity index (χ1n) is 5.37. The second kappa shape index (κ2) is 6.18. The normalized spacial score (nSPS) is 22.1. The Hall–Kier alpha value is -0.860. The Labute approximate surface area is 101 Å². The average molecular weight is 266 g/mol. The molecule has 0 aromatic heterocycles. The van der Waals surface area contributed by atoms with E-state index in [4.69, 9.17) is 4.74 Å². The molecule has 1 rings (SSSR count). The molecule has 1 atom stereocenters. The van der Waals surface area contributed by atoms with E-state index >= 15 is 0 Å². The molecule has 0 spiro atoms. The van der Waals surface area contributed by atoms with Crippen molar-refractivity contribution >= 4 is 16.1 Å². The van der Waals surface area contributed by atoms with Gasteiger partial charge in [-0.15, -0.1) is 0 Å². The zero-order valence-electron chi connectivity index (χ0n) is 10.0. The molecule has 17 heavy (non-hydrogen) atoms. The molecule has 0 radical (unpaired) electrons. The molecule has 0 aliphatic carbocycles. The third-order valence-corrected chi connectivity index (χ3v) is 4.25. The van der Waals surface area contributed by atoms with Gasteiger partial charge in [0.25, 0.3) is 0 Å². The largest absolute Gasteiger partial charge is 0.453 e. The van der Waals surface area contributed by atoms with E-state index in [0.717, 1.165) is 0 Å². The highest BCUT2D eigenvalue weighted by Gasteiger charge is 2.27. The zero-order valence-corrected chi connectivity index (χ0v) is 10.8. The monoisotopic (exact) mass is 266 g/mol. The van der Waals surface area contributed by atoms with Gasteiger partial charge in [-0.25, -0.2) is 13.2 Å². The number of methoxy groups -OCH3 is 1. The van der Waals surface area contributed by atoms with E-state index in [1.807, 2.05) is 6.92 Å². The Morgan fingerprint density at radius 3 is 2.88 bits per heavy atom. The fourth-order valence-electron chi connectivity index (χ4n) is 1.52. The maximum absolute atomic E-state index is 11.9. The van der Waals surface area contributed by atoms with E-state index in [2.05, 4.69) is 10.1 Å². The molecule has 0 saturated carbocycles. The second-order valence-corrected chi connectivity index (χ2v) is 5.86. The number of morpholine rings is 1. The molecular formula is C9H18N2O5S. The minimum atomic E-state index is -3.34. The van der Waals surface area contributed by atoms with Crippen LogP contribution in [0.4, 0.5) is 4.79 Å². The minimum Gasteiger partial charge on any atom is -0.453 e. The number of sulfonamides is 1. The van der Waals surface area contributed by atoms with Crippen LogP contribution in [0.15, 0.2) is 0 Å². The Morgan fingerprint density at radius 1 is 1.59 bits per heavy atom. The van der Waals surface area contributed by atoms with Gasteiger partial charge in [-0.2, -0.15) is 4.31 Å². The van der Waals surface area contributed by atoms with Crippen LogP contribution < -0.4 is 5.32 Å².